The Morgan fingerprint density at radius 2 is 2.27 bits per heavy atom. The van der Waals surface area contributed by atoms with E-state index in [-0.39, 0.29) is 17.0 Å². The fourth-order valence-electron chi connectivity index (χ4n) is 1.25. The van der Waals surface area contributed by atoms with Gasteiger partial charge in [-0.05, 0) is 11.6 Å². The van der Waals surface area contributed by atoms with Crippen molar-refractivity contribution in [2.24, 2.45) is 4.99 Å². The van der Waals surface area contributed by atoms with E-state index in [1.54, 1.807) is 18.5 Å². The third-order valence-electron chi connectivity index (χ3n) is 1.98. The Hall–Kier alpha value is -0.940. The first-order valence-corrected chi connectivity index (χ1v) is 4.60. The molecule has 0 atom stereocenters. The van der Waals surface area contributed by atoms with Gasteiger partial charge in [-0.1, -0.05) is 17.7 Å². The van der Waals surface area contributed by atoms with Gasteiger partial charge in [0.2, 0.25) is 5.96 Å². The lowest BCUT2D eigenvalue weighted by Crippen LogP contribution is -2.24. The molecule has 0 spiro atoms. The second-order valence-electron chi connectivity index (χ2n) is 3.00. The molecule has 0 radical (unpaired) electrons. The van der Waals surface area contributed by atoms with Crippen LogP contribution in [0.2, 0.25) is 5.15 Å². The van der Waals surface area contributed by atoms with E-state index < -0.39 is 0 Å². The van der Waals surface area contributed by atoms with Gasteiger partial charge in [-0.2, -0.15) is 0 Å². The van der Waals surface area contributed by atoms with Crippen LogP contribution in [0.5, 0.6) is 0 Å². The van der Waals surface area contributed by atoms with Gasteiger partial charge in [-0.25, -0.2) is 9.98 Å². The molecular weight excluding hydrogens is 279 g/mol. The monoisotopic (exact) mass is 288 g/mol. The summed E-state index contributed by atoms with van der Waals surface area (Å²) in [5.74, 6) is 0.306. The first-order chi connectivity index (χ1) is 6.75. The Balaban J connectivity index is 0.00000112. The molecule has 1 N–H and O–H groups in total. The van der Waals surface area contributed by atoms with Crippen molar-refractivity contribution in [2.75, 3.05) is 6.54 Å². The van der Waals surface area contributed by atoms with Gasteiger partial charge in [0.05, 0.1) is 6.54 Å². The van der Waals surface area contributed by atoms with Gasteiger partial charge in [-0.3, -0.25) is 5.41 Å². The summed E-state index contributed by atoms with van der Waals surface area (Å²) in [6, 6.07) is 3.65. The van der Waals surface area contributed by atoms with Gasteiger partial charge in [0.25, 0.3) is 0 Å². The van der Waals surface area contributed by atoms with Crippen molar-refractivity contribution in [3.63, 3.8) is 0 Å². The number of nitrogens with one attached hydrogen (secondary N) is 1. The minimum atomic E-state index is 0. The number of halogens is 2. The number of hydrogen-bond acceptors (Lipinski definition) is 2. The quantitative estimate of drug-likeness (QED) is 0.848. The topological polar surface area (TPSA) is 52.3 Å². The van der Waals surface area contributed by atoms with Crippen LogP contribution in [-0.4, -0.2) is 28.6 Å². The molecular formula is C9H10BrClN4. The van der Waals surface area contributed by atoms with Crippen molar-refractivity contribution < 1.29 is 0 Å². The van der Waals surface area contributed by atoms with Crippen LogP contribution < -0.4 is 0 Å². The molecule has 1 aromatic rings. The van der Waals surface area contributed by atoms with Gasteiger partial charge in [0.1, 0.15) is 5.15 Å². The van der Waals surface area contributed by atoms with Crippen LogP contribution in [0.3, 0.4) is 0 Å². The Morgan fingerprint density at radius 1 is 1.47 bits per heavy atom. The molecule has 0 fully saturated rings. The standard InChI is InChI=1S/C9H9ClN4.BrH/c10-8-2-1-7(5-13-8)6-14-4-3-12-9(14)11;/h1-3,5,11H,4,6H2;1H. The average molecular weight is 290 g/mol. The summed E-state index contributed by atoms with van der Waals surface area (Å²) < 4.78 is 0. The highest BCUT2D eigenvalue weighted by atomic mass is 79.9. The summed E-state index contributed by atoms with van der Waals surface area (Å²) in [5, 5.41) is 7.97. The van der Waals surface area contributed by atoms with Crippen LogP contribution in [0.25, 0.3) is 0 Å². The SMILES string of the molecule is Br.N=C1N=CCN1Cc1ccc(Cl)nc1. The largest absolute Gasteiger partial charge is 0.332 e. The zero-order valence-electron chi connectivity index (χ0n) is 7.85. The van der Waals surface area contributed by atoms with Crippen LogP contribution >= 0.6 is 28.6 Å². The number of aromatic nitrogens is 1. The molecule has 2 rings (SSSR count). The highest BCUT2D eigenvalue weighted by Gasteiger charge is 2.12. The third kappa shape index (κ3) is 3.00. The number of aliphatic imine (C=N–C) groups is 1. The molecule has 6 heteroatoms. The summed E-state index contributed by atoms with van der Waals surface area (Å²) in [4.78, 5) is 9.69. The first-order valence-electron chi connectivity index (χ1n) is 4.22. The minimum Gasteiger partial charge on any atom is -0.332 e. The Labute approximate surface area is 103 Å². The molecule has 0 unspecified atom stereocenters. The van der Waals surface area contributed by atoms with E-state index in [4.69, 9.17) is 17.0 Å². The first kappa shape index (κ1) is 12.1. The molecule has 0 saturated carbocycles. The van der Waals surface area contributed by atoms with Crippen LogP contribution in [0.1, 0.15) is 5.56 Å². The zero-order chi connectivity index (χ0) is 9.97. The van der Waals surface area contributed by atoms with E-state index in [1.165, 1.54) is 0 Å². The van der Waals surface area contributed by atoms with Crippen molar-refractivity contribution in [3.8, 4) is 0 Å². The molecule has 1 aromatic heterocycles. The van der Waals surface area contributed by atoms with E-state index in [9.17, 15) is 0 Å². The van der Waals surface area contributed by atoms with Crippen molar-refractivity contribution in [1.29, 1.82) is 5.41 Å². The maximum absolute atomic E-state index is 7.48. The number of pyridine rings is 1. The summed E-state index contributed by atoms with van der Waals surface area (Å²) >= 11 is 5.67. The molecule has 2 heterocycles. The second kappa shape index (κ2) is 5.23. The van der Waals surface area contributed by atoms with Crippen molar-refractivity contribution in [2.45, 2.75) is 6.54 Å². The van der Waals surface area contributed by atoms with E-state index in [0.29, 0.717) is 24.2 Å². The highest BCUT2D eigenvalue weighted by Crippen LogP contribution is 2.09. The number of hydrogen-bond donors (Lipinski definition) is 1. The second-order valence-corrected chi connectivity index (χ2v) is 3.39. The Bertz CT molecular complexity index is 376. The van der Waals surface area contributed by atoms with Gasteiger partial charge in [-0.15, -0.1) is 17.0 Å². The third-order valence-corrected chi connectivity index (χ3v) is 2.20. The van der Waals surface area contributed by atoms with Crippen molar-refractivity contribution >= 4 is 40.8 Å². The molecule has 0 aliphatic carbocycles. The van der Waals surface area contributed by atoms with Crippen molar-refractivity contribution in [3.05, 3.63) is 29.0 Å². The van der Waals surface area contributed by atoms with E-state index in [1.807, 2.05) is 11.0 Å². The van der Waals surface area contributed by atoms with Crippen LogP contribution in [-0.2, 0) is 6.54 Å². The smallest absolute Gasteiger partial charge is 0.218 e. The molecule has 4 nitrogen and oxygen atoms in total. The number of guanidine groups is 1. The molecule has 80 valence electrons. The van der Waals surface area contributed by atoms with E-state index in [2.05, 4.69) is 9.98 Å². The number of nitrogens with zero attached hydrogens (tertiary/aromatic N) is 3. The highest BCUT2D eigenvalue weighted by molar-refractivity contribution is 8.93. The lowest BCUT2D eigenvalue weighted by molar-refractivity contribution is 0.475. The fourth-order valence-corrected chi connectivity index (χ4v) is 1.37. The summed E-state index contributed by atoms with van der Waals surface area (Å²) in [6.45, 7) is 1.35. The lowest BCUT2D eigenvalue weighted by atomic mass is 10.3. The molecule has 1 aliphatic rings. The van der Waals surface area contributed by atoms with Gasteiger partial charge in [0.15, 0.2) is 0 Å². The summed E-state index contributed by atoms with van der Waals surface area (Å²) in [7, 11) is 0. The number of rotatable bonds is 2. The maximum Gasteiger partial charge on any atom is 0.218 e. The molecule has 15 heavy (non-hydrogen) atoms. The fraction of sp³-hybridized carbons (Fsp3) is 0.222. The van der Waals surface area contributed by atoms with E-state index in [0.717, 1.165) is 5.56 Å². The van der Waals surface area contributed by atoms with Crippen molar-refractivity contribution in [1.82, 2.24) is 9.88 Å². The Kier molecular flexibility index (Phi) is 4.23. The molecule has 0 bridgehead atoms. The Morgan fingerprint density at radius 3 is 2.80 bits per heavy atom. The van der Waals surface area contributed by atoms with Crippen LogP contribution in [0.4, 0.5) is 0 Å². The van der Waals surface area contributed by atoms with Crippen LogP contribution in [0, 0.1) is 5.41 Å². The van der Waals surface area contributed by atoms with Gasteiger partial charge >= 0.3 is 0 Å². The molecule has 0 aromatic carbocycles. The maximum atomic E-state index is 7.48. The van der Waals surface area contributed by atoms with Gasteiger partial charge in [0, 0.05) is 19.0 Å². The molecule has 0 saturated heterocycles. The predicted octanol–water partition coefficient (Wildman–Crippen LogP) is 2.13. The zero-order valence-corrected chi connectivity index (χ0v) is 10.3. The van der Waals surface area contributed by atoms with Crippen LogP contribution in [0.15, 0.2) is 23.3 Å². The average Bonchev–Trinajstić information content (AvgIpc) is 2.56. The minimum absolute atomic E-state index is 0. The molecule has 1 aliphatic heterocycles. The summed E-state index contributed by atoms with van der Waals surface area (Å²) in [6.07, 6.45) is 3.44. The predicted molar refractivity (Wildman–Crippen MR) is 66.2 cm³/mol. The lowest BCUT2D eigenvalue weighted by Gasteiger charge is -2.15. The molecule has 0 amide bonds. The summed E-state index contributed by atoms with van der Waals surface area (Å²) in [5.41, 5.74) is 1.03. The normalized spacial score (nSPS) is 14.2. The van der Waals surface area contributed by atoms with E-state index >= 15 is 0 Å². The van der Waals surface area contributed by atoms with Gasteiger partial charge < -0.3 is 4.90 Å².